The van der Waals surface area contributed by atoms with Crippen molar-refractivity contribution in [3.8, 4) is 0 Å². The Balaban J connectivity index is 1.49. The highest BCUT2D eigenvalue weighted by Gasteiger charge is 2.52. The lowest BCUT2D eigenvalue weighted by atomic mass is 9.98. The number of carbonyl (C=O) groups excluding carboxylic acids is 2. The molecule has 1 spiro atoms. The standard InChI is InChI=1S/C17H22N2O4/c20-14(12-23-11-13-6-2-1-3-7-13)10-19-15(21)17(18-16(19)22)8-4-5-9-17/h1-3,6-7,14,20H,4-5,8-12H2,(H,18,22)/t14-/m0/s1. The summed E-state index contributed by atoms with van der Waals surface area (Å²) in [6.45, 7) is 0.447. The summed E-state index contributed by atoms with van der Waals surface area (Å²) >= 11 is 0. The number of carbonyl (C=O) groups is 2. The van der Waals surface area contributed by atoms with Crippen LogP contribution in [0.1, 0.15) is 31.2 Å². The van der Waals surface area contributed by atoms with E-state index >= 15 is 0 Å². The summed E-state index contributed by atoms with van der Waals surface area (Å²) in [5.41, 5.74) is 0.293. The van der Waals surface area contributed by atoms with Crippen molar-refractivity contribution in [3.05, 3.63) is 35.9 Å². The lowest BCUT2D eigenvalue weighted by Gasteiger charge is -2.21. The molecule has 1 saturated heterocycles. The fourth-order valence-corrected chi connectivity index (χ4v) is 3.31. The van der Waals surface area contributed by atoms with Gasteiger partial charge in [0.1, 0.15) is 5.54 Å². The predicted molar refractivity (Wildman–Crippen MR) is 83.5 cm³/mol. The second kappa shape index (κ2) is 6.68. The van der Waals surface area contributed by atoms with Crippen molar-refractivity contribution in [1.29, 1.82) is 0 Å². The van der Waals surface area contributed by atoms with Gasteiger partial charge in [-0.15, -0.1) is 0 Å². The molecule has 0 aromatic heterocycles. The molecule has 0 unspecified atom stereocenters. The number of hydrogen-bond acceptors (Lipinski definition) is 4. The highest BCUT2D eigenvalue weighted by Crippen LogP contribution is 2.35. The Morgan fingerprint density at radius 3 is 2.61 bits per heavy atom. The van der Waals surface area contributed by atoms with Crippen molar-refractivity contribution >= 4 is 11.9 Å². The number of benzene rings is 1. The van der Waals surface area contributed by atoms with Crippen LogP contribution in [0.5, 0.6) is 0 Å². The third-order valence-corrected chi connectivity index (χ3v) is 4.52. The summed E-state index contributed by atoms with van der Waals surface area (Å²) in [7, 11) is 0. The molecule has 2 aliphatic rings. The monoisotopic (exact) mass is 318 g/mol. The molecule has 2 fully saturated rings. The quantitative estimate of drug-likeness (QED) is 0.778. The molecule has 0 radical (unpaired) electrons. The average molecular weight is 318 g/mol. The van der Waals surface area contributed by atoms with Crippen molar-refractivity contribution < 1.29 is 19.4 Å². The van der Waals surface area contributed by atoms with E-state index in [4.69, 9.17) is 4.74 Å². The number of nitrogens with one attached hydrogen (secondary N) is 1. The van der Waals surface area contributed by atoms with Crippen LogP contribution in [-0.2, 0) is 16.1 Å². The zero-order chi connectivity index (χ0) is 16.3. The van der Waals surface area contributed by atoms with E-state index in [2.05, 4.69) is 5.32 Å². The van der Waals surface area contributed by atoms with Crippen molar-refractivity contribution in [2.75, 3.05) is 13.2 Å². The first-order valence-electron chi connectivity index (χ1n) is 8.05. The molecule has 6 heteroatoms. The lowest BCUT2D eigenvalue weighted by Crippen LogP contribution is -2.45. The smallest absolute Gasteiger partial charge is 0.325 e. The zero-order valence-electron chi connectivity index (χ0n) is 13.0. The van der Waals surface area contributed by atoms with E-state index in [0.717, 1.165) is 23.3 Å². The molecule has 1 aromatic carbocycles. The number of ether oxygens (including phenoxy) is 1. The number of nitrogens with zero attached hydrogens (tertiary/aromatic N) is 1. The van der Waals surface area contributed by atoms with Crippen LogP contribution in [0.4, 0.5) is 4.79 Å². The minimum atomic E-state index is -0.884. The van der Waals surface area contributed by atoms with Crippen LogP contribution in [0.25, 0.3) is 0 Å². The molecule has 6 nitrogen and oxygen atoms in total. The van der Waals surface area contributed by atoms with E-state index in [0.29, 0.717) is 19.4 Å². The van der Waals surface area contributed by atoms with Gasteiger partial charge in [0, 0.05) is 0 Å². The molecule has 1 aliphatic heterocycles. The summed E-state index contributed by atoms with van der Waals surface area (Å²) in [5, 5.41) is 12.9. The molecule has 23 heavy (non-hydrogen) atoms. The van der Waals surface area contributed by atoms with E-state index in [9.17, 15) is 14.7 Å². The Morgan fingerprint density at radius 2 is 1.91 bits per heavy atom. The van der Waals surface area contributed by atoms with Gasteiger partial charge >= 0.3 is 6.03 Å². The van der Waals surface area contributed by atoms with Gasteiger partial charge in [-0.05, 0) is 18.4 Å². The normalized spacial score (nSPS) is 21.0. The second-order valence-corrected chi connectivity index (χ2v) is 6.29. The van der Waals surface area contributed by atoms with Gasteiger partial charge in [-0.2, -0.15) is 0 Å². The Morgan fingerprint density at radius 1 is 1.22 bits per heavy atom. The van der Waals surface area contributed by atoms with Gasteiger partial charge in [0.05, 0.1) is 25.9 Å². The maximum Gasteiger partial charge on any atom is 0.325 e. The van der Waals surface area contributed by atoms with Gasteiger partial charge in [-0.1, -0.05) is 43.2 Å². The van der Waals surface area contributed by atoms with Crippen LogP contribution >= 0.6 is 0 Å². The first kappa shape index (κ1) is 16.0. The zero-order valence-corrected chi connectivity index (χ0v) is 13.0. The van der Waals surface area contributed by atoms with Gasteiger partial charge in [-0.25, -0.2) is 4.79 Å². The molecule has 1 aromatic rings. The highest BCUT2D eigenvalue weighted by atomic mass is 16.5. The molecule has 2 N–H and O–H groups in total. The number of urea groups is 1. The van der Waals surface area contributed by atoms with Crippen molar-refractivity contribution in [3.63, 3.8) is 0 Å². The summed E-state index contributed by atoms with van der Waals surface area (Å²) in [5.74, 6) is -0.206. The summed E-state index contributed by atoms with van der Waals surface area (Å²) in [6, 6.07) is 9.24. The van der Waals surface area contributed by atoms with Crippen molar-refractivity contribution in [1.82, 2.24) is 10.2 Å². The second-order valence-electron chi connectivity index (χ2n) is 6.29. The number of β-amino-alcohol motifs (C(OH)–C–C–N with tert-alkyl or cyclic N) is 1. The average Bonchev–Trinajstić information content (AvgIpc) is 3.10. The topological polar surface area (TPSA) is 78.9 Å². The third-order valence-electron chi connectivity index (χ3n) is 4.52. The summed E-state index contributed by atoms with van der Waals surface area (Å²) in [6.07, 6.45) is 2.39. The molecule has 1 heterocycles. The Bertz CT molecular complexity index is 569. The van der Waals surface area contributed by atoms with Gasteiger partial charge in [-0.3, -0.25) is 9.69 Å². The van der Waals surface area contributed by atoms with Gasteiger partial charge in [0.25, 0.3) is 5.91 Å². The number of amides is 3. The number of aliphatic hydroxyl groups is 1. The molecule has 1 saturated carbocycles. The molecule has 1 atom stereocenters. The van der Waals surface area contributed by atoms with Gasteiger partial charge in [0.2, 0.25) is 0 Å². The fraction of sp³-hybridized carbons (Fsp3) is 0.529. The molecular formula is C17H22N2O4. The SMILES string of the molecule is O=C1NC2(CCCC2)C(=O)N1C[C@H](O)COCc1ccccc1. The van der Waals surface area contributed by atoms with Gasteiger partial charge in [0.15, 0.2) is 0 Å². The van der Waals surface area contributed by atoms with Crippen LogP contribution in [0.2, 0.25) is 0 Å². The first-order valence-corrected chi connectivity index (χ1v) is 8.05. The predicted octanol–water partition coefficient (Wildman–Crippen LogP) is 1.43. The minimum Gasteiger partial charge on any atom is -0.389 e. The van der Waals surface area contributed by atoms with Crippen LogP contribution in [0.15, 0.2) is 30.3 Å². The lowest BCUT2D eigenvalue weighted by molar-refractivity contribution is -0.132. The van der Waals surface area contributed by atoms with Crippen molar-refractivity contribution in [2.45, 2.75) is 43.9 Å². The van der Waals surface area contributed by atoms with Crippen molar-refractivity contribution in [2.24, 2.45) is 0 Å². The van der Waals surface area contributed by atoms with Crippen LogP contribution in [0.3, 0.4) is 0 Å². The minimum absolute atomic E-state index is 0.0266. The number of hydrogen-bond donors (Lipinski definition) is 2. The maximum absolute atomic E-state index is 12.5. The van der Waals surface area contributed by atoms with E-state index in [1.807, 2.05) is 30.3 Å². The third kappa shape index (κ3) is 3.38. The molecule has 3 amide bonds. The Kier molecular flexibility index (Phi) is 4.63. The Hall–Kier alpha value is -1.92. The number of imide groups is 1. The molecule has 1 aliphatic carbocycles. The molecule has 124 valence electrons. The number of rotatable bonds is 6. The summed E-state index contributed by atoms with van der Waals surface area (Å²) < 4.78 is 5.46. The van der Waals surface area contributed by atoms with E-state index < -0.39 is 17.7 Å². The Labute approximate surface area is 135 Å². The fourth-order valence-electron chi connectivity index (χ4n) is 3.31. The summed E-state index contributed by atoms with van der Waals surface area (Å²) in [4.78, 5) is 25.6. The molecule has 0 bridgehead atoms. The maximum atomic E-state index is 12.5. The van der Waals surface area contributed by atoms with E-state index in [1.165, 1.54) is 0 Å². The van der Waals surface area contributed by atoms with Crippen LogP contribution < -0.4 is 5.32 Å². The van der Waals surface area contributed by atoms with Crippen LogP contribution in [-0.4, -0.2) is 46.7 Å². The molecule has 3 rings (SSSR count). The van der Waals surface area contributed by atoms with E-state index in [1.54, 1.807) is 0 Å². The first-order chi connectivity index (χ1) is 11.1. The van der Waals surface area contributed by atoms with Gasteiger partial charge < -0.3 is 15.2 Å². The highest BCUT2D eigenvalue weighted by molar-refractivity contribution is 6.07. The van der Waals surface area contributed by atoms with Crippen LogP contribution in [0, 0.1) is 0 Å². The van der Waals surface area contributed by atoms with E-state index in [-0.39, 0.29) is 19.1 Å². The molecular weight excluding hydrogens is 296 g/mol. The number of aliphatic hydroxyl groups excluding tert-OH is 1. The largest absolute Gasteiger partial charge is 0.389 e.